The smallest absolute Gasteiger partial charge is 0.149 e. The van der Waals surface area contributed by atoms with Gasteiger partial charge in [-0.1, -0.05) is 16.8 Å². The molecule has 0 aliphatic rings. The Kier molecular flexibility index (Phi) is 3.35. The van der Waals surface area contributed by atoms with Crippen LogP contribution in [0.5, 0.6) is 5.75 Å². The number of oxime groups is 1. The van der Waals surface area contributed by atoms with Gasteiger partial charge >= 0.3 is 0 Å². The van der Waals surface area contributed by atoms with E-state index in [1.54, 1.807) is 31.4 Å². The highest BCUT2D eigenvalue weighted by molar-refractivity contribution is 6.32. The molecule has 0 amide bonds. The Balaban J connectivity index is 2.35. The maximum absolute atomic E-state index is 8.38. The lowest BCUT2D eigenvalue weighted by molar-refractivity contribution is 0.321. The second-order valence-corrected chi connectivity index (χ2v) is 3.70. The fourth-order valence-electron chi connectivity index (χ4n) is 1.45. The van der Waals surface area contributed by atoms with Crippen molar-refractivity contribution in [1.29, 1.82) is 0 Å². The minimum absolute atomic E-state index is 0.467. The van der Waals surface area contributed by atoms with Gasteiger partial charge in [-0.25, -0.2) is 0 Å². The number of hydrogen-bond donors (Lipinski definition) is 1. The number of ether oxygens (including phenoxy) is 1. The number of nitrogens with zero attached hydrogens (tertiary/aromatic N) is 1. The molecule has 2 aromatic rings. The van der Waals surface area contributed by atoms with Gasteiger partial charge < -0.3 is 14.4 Å². The van der Waals surface area contributed by atoms with Crippen LogP contribution >= 0.6 is 11.6 Å². The summed E-state index contributed by atoms with van der Waals surface area (Å²) in [4.78, 5) is 0. The molecule has 4 nitrogen and oxygen atoms in total. The zero-order chi connectivity index (χ0) is 12.3. The van der Waals surface area contributed by atoms with E-state index in [1.165, 1.54) is 6.21 Å². The van der Waals surface area contributed by atoms with Gasteiger partial charge in [0.05, 0.1) is 12.1 Å². The average Bonchev–Trinajstić information content (AvgIpc) is 2.78. The maximum Gasteiger partial charge on any atom is 0.149 e. The summed E-state index contributed by atoms with van der Waals surface area (Å²) in [5.41, 5.74) is 0.827. The summed E-state index contributed by atoms with van der Waals surface area (Å²) in [6.45, 7) is 0. The van der Waals surface area contributed by atoms with Crippen molar-refractivity contribution in [2.75, 3.05) is 7.11 Å². The molecule has 0 unspecified atom stereocenters. The predicted molar refractivity (Wildman–Crippen MR) is 65.1 cm³/mol. The Bertz CT molecular complexity index is 548. The normalized spacial score (nSPS) is 10.9. The molecular formula is C12H10ClNO3. The number of halogens is 1. The van der Waals surface area contributed by atoms with Crippen LogP contribution in [-0.4, -0.2) is 18.5 Å². The van der Waals surface area contributed by atoms with E-state index in [1.807, 2.05) is 6.07 Å². The molecule has 0 aliphatic heterocycles. The van der Waals surface area contributed by atoms with E-state index >= 15 is 0 Å². The molecule has 1 aromatic heterocycles. The van der Waals surface area contributed by atoms with E-state index in [-0.39, 0.29) is 0 Å². The lowest BCUT2D eigenvalue weighted by Gasteiger charge is -2.03. The van der Waals surface area contributed by atoms with E-state index in [0.717, 1.165) is 5.56 Å². The number of methoxy groups -OCH3 is 1. The van der Waals surface area contributed by atoms with Crippen molar-refractivity contribution in [2.24, 2.45) is 5.16 Å². The molecular weight excluding hydrogens is 242 g/mol. The van der Waals surface area contributed by atoms with Crippen LogP contribution in [0.15, 0.2) is 39.9 Å². The molecule has 5 heteroatoms. The average molecular weight is 252 g/mol. The largest absolute Gasteiger partial charge is 0.495 e. The third-order valence-electron chi connectivity index (χ3n) is 2.25. The first kappa shape index (κ1) is 11.5. The van der Waals surface area contributed by atoms with Crippen molar-refractivity contribution in [2.45, 2.75) is 0 Å². The molecule has 88 valence electrons. The van der Waals surface area contributed by atoms with E-state index in [0.29, 0.717) is 22.3 Å². The van der Waals surface area contributed by atoms with E-state index < -0.39 is 0 Å². The molecule has 0 saturated heterocycles. The molecule has 1 N–H and O–H groups in total. The van der Waals surface area contributed by atoms with Crippen molar-refractivity contribution >= 4 is 17.8 Å². The molecule has 1 aromatic carbocycles. The fourth-order valence-corrected chi connectivity index (χ4v) is 1.71. The Morgan fingerprint density at radius 1 is 1.35 bits per heavy atom. The van der Waals surface area contributed by atoms with E-state index in [2.05, 4.69) is 5.16 Å². The van der Waals surface area contributed by atoms with Gasteiger partial charge in [0, 0.05) is 5.56 Å². The van der Waals surface area contributed by atoms with Crippen molar-refractivity contribution in [1.82, 2.24) is 0 Å². The standard InChI is InChI=1S/C12H10ClNO3/c1-16-12-4-2-8(6-10(12)13)11-5-3-9(17-11)7-14-15/h2-7,15H,1H3/b14-7-. The highest BCUT2D eigenvalue weighted by Gasteiger charge is 2.07. The van der Waals surface area contributed by atoms with Gasteiger partial charge in [0.1, 0.15) is 23.5 Å². The molecule has 0 spiro atoms. The zero-order valence-electron chi connectivity index (χ0n) is 9.05. The molecule has 1 heterocycles. The van der Waals surface area contributed by atoms with Crippen molar-refractivity contribution in [3.63, 3.8) is 0 Å². The Hall–Kier alpha value is -1.94. The van der Waals surface area contributed by atoms with Crippen molar-refractivity contribution in [3.8, 4) is 17.1 Å². The van der Waals surface area contributed by atoms with E-state index in [9.17, 15) is 0 Å². The topological polar surface area (TPSA) is 55.0 Å². The Labute approximate surface area is 103 Å². The van der Waals surface area contributed by atoms with Crippen LogP contribution in [-0.2, 0) is 0 Å². The molecule has 2 rings (SSSR count). The second kappa shape index (κ2) is 4.93. The summed E-state index contributed by atoms with van der Waals surface area (Å²) >= 11 is 6.01. The Morgan fingerprint density at radius 2 is 2.18 bits per heavy atom. The molecule has 0 bridgehead atoms. The first-order valence-corrected chi connectivity index (χ1v) is 5.23. The van der Waals surface area contributed by atoms with Gasteiger partial charge in [0.25, 0.3) is 0 Å². The number of benzene rings is 1. The predicted octanol–water partition coefficient (Wildman–Crippen LogP) is 3.42. The monoisotopic (exact) mass is 251 g/mol. The van der Waals surface area contributed by atoms with Crippen molar-refractivity contribution in [3.05, 3.63) is 41.1 Å². The van der Waals surface area contributed by atoms with Crippen LogP contribution in [0.4, 0.5) is 0 Å². The molecule has 0 atom stereocenters. The Morgan fingerprint density at radius 3 is 2.82 bits per heavy atom. The van der Waals surface area contributed by atoms with Gasteiger partial charge in [-0.2, -0.15) is 0 Å². The van der Waals surface area contributed by atoms with Gasteiger partial charge in [-0.3, -0.25) is 0 Å². The van der Waals surface area contributed by atoms with Crippen LogP contribution < -0.4 is 4.74 Å². The lowest BCUT2D eigenvalue weighted by Crippen LogP contribution is -1.84. The summed E-state index contributed by atoms with van der Waals surface area (Å²) in [7, 11) is 1.56. The van der Waals surface area contributed by atoms with Gasteiger partial charge in [0.15, 0.2) is 0 Å². The fraction of sp³-hybridized carbons (Fsp3) is 0.0833. The van der Waals surface area contributed by atoms with Gasteiger partial charge in [0.2, 0.25) is 0 Å². The SMILES string of the molecule is COc1ccc(-c2ccc(/C=N\O)o2)cc1Cl. The summed E-state index contributed by atoms with van der Waals surface area (Å²) in [6.07, 6.45) is 1.22. The van der Waals surface area contributed by atoms with Crippen LogP contribution in [0.1, 0.15) is 5.76 Å². The summed E-state index contributed by atoms with van der Waals surface area (Å²) < 4.78 is 10.5. The number of hydrogen-bond acceptors (Lipinski definition) is 4. The van der Waals surface area contributed by atoms with Gasteiger partial charge in [-0.15, -0.1) is 0 Å². The quantitative estimate of drug-likeness (QED) is 0.517. The molecule has 0 aliphatic carbocycles. The molecule has 0 fully saturated rings. The van der Waals surface area contributed by atoms with Crippen LogP contribution in [0.3, 0.4) is 0 Å². The highest BCUT2D eigenvalue weighted by Crippen LogP contribution is 2.30. The lowest BCUT2D eigenvalue weighted by atomic mass is 10.2. The second-order valence-electron chi connectivity index (χ2n) is 3.30. The van der Waals surface area contributed by atoms with Crippen LogP contribution in [0.25, 0.3) is 11.3 Å². The minimum Gasteiger partial charge on any atom is -0.495 e. The zero-order valence-corrected chi connectivity index (χ0v) is 9.81. The number of furan rings is 1. The van der Waals surface area contributed by atoms with Crippen LogP contribution in [0.2, 0.25) is 5.02 Å². The van der Waals surface area contributed by atoms with Crippen LogP contribution in [0, 0.1) is 0 Å². The summed E-state index contributed by atoms with van der Waals surface area (Å²) in [5, 5.41) is 11.8. The highest BCUT2D eigenvalue weighted by atomic mass is 35.5. The maximum atomic E-state index is 8.38. The van der Waals surface area contributed by atoms with E-state index in [4.69, 9.17) is 26.0 Å². The summed E-state index contributed by atoms with van der Waals surface area (Å²) in [5.74, 6) is 1.72. The number of rotatable bonds is 3. The summed E-state index contributed by atoms with van der Waals surface area (Å²) in [6, 6.07) is 8.82. The third-order valence-corrected chi connectivity index (χ3v) is 2.54. The first-order valence-electron chi connectivity index (χ1n) is 4.86. The first-order chi connectivity index (χ1) is 8.24. The van der Waals surface area contributed by atoms with Crippen molar-refractivity contribution < 1.29 is 14.4 Å². The minimum atomic E-state index is 0.467. The van der Waals surface area contributed by atoms with Gasteiger partial charge in [-0.05, 0) is 30.3 Å². The molecule has 0 saturated carbocycles. The third kappa shape index (κ3) is 2.42. The molecule has 0 radical (unpaired) electrons. The molecule has 17 heavy (non-hydrogen) atoms.